The van der Waals surface area contributed by atoms with Gasteiger partial charge in [0.25, 0.3) is 0 Å². The Morgan fingerprint density at radius 1 is 0.477 bits per heavy atom. The smallest absolute Gasteiger partial charge is 0.0366 e. The molecular formula is C40H38BrNS2. The zero-order valence-electron chi connectivity index (χ0n) is 24.3. The van der Waals surface area contributed by atoms with Crippen LogP contribution in [0.1, 0.15) is 32.4 Å². The summed E-state index contributed by atoms with van der Waals surface area (Å²) in [5.41, 5.74) is 8.93. The lowest BCUT2D eigenvalue weighted by Gasteiger charge is -2.02. The van der Waals surface area contributed by atoms with Crippen LogP contribution in [0.25, 0.3) is 40.3 Å². The van der Waals surface area contributed by atoms with Crippen molar-refractivity contribution in [3.05, 3.63) is 161 Å². The van der Waals surface area contributed by atoms with Gasteiger partial charge in [-0.2, -0.15) is 0 Å². The molecule has 2 heterocycles. The van der Waals surface area contributed by atoms with Crippen LogP contribution in [0.15, 0.2) is 150 Å². The molecule has 2 N–H and O–H groups in total. The van der Waals surface area contributed by atoms with Crippen LogP contribution >= 0.6 is 38.6 Å². The number of rotatable bonds is 2. The van der Waals surface area contributed by atoms with E-state index in [4.69, 9.17) is 5.73 Å². The summed E-state index contributed by atoms with van der Waals surface area (Å²) in [6, 6.07) is 50.7. The number of benzene rings is 6. The van der Waals surface area contributed by atoms with Gasteiger partial charge >= 0.3 is 0 Å². The molecule has 2 aromatic heterocycles. The van der Waals surface area contributed by atoms with Gasteiger partial charge in [-0.3, -0.25) is 0 Å². The Morgan fingerprint density at radius 3 is 1.48 bits per heavy atom. The van der Waals surface area contributed by atoms with Crippen molar-refractivity contribution in [3.63, 3.8) is 0 Å². The van der Waals surface area contributed by atoms with Crippen LogP contribution in [0.3, 0.4) is 0 Å². The molecule has 0 aliphatic carbocycles. The van der Waals surface area contributed by atoms with Crippen LogP contribution in [-0.2, 0) is 6.42 Å². The SMILES string of the molecule is Brc1ccc2c(c1)sc1ccccc12.C.CC.Nc1ccccc1.c1ccc(Cc2ccc3c(c2)sc2ccccc23)cc1. The van der Waals surface area contributed by atoms with Gasteiger partial charge in [0, 0.05) is 50.5 Å². The number of nitrogens with two attached hydrogens (primary N) is 1. The Labute approximate surface area is 277 Å². The first kappa shape index (κ1) is 32.9. The van der Waals surface area contributed by atoms with E-state index in [1.165, 1.54) is 51.5 Å². The molecule has 222 valence electrons. The molecule has 8 aromatic rings. The summed E-state index contributed by atoms with van der Waals surface area (Å²) in [4.78, 5) is 0. The fourth-order valence-corrected chi connectivity index (χ4v) is 7.69. The Balaban J connectivity index is 0.000000160. The third-order valence-corrected chi connectivity index (χ3v) is 9.60. The van der Waals surface area contributed by atoms with Crippen molar-refractivity contribution in [2.45, 2.75) is 27.7 Å². The number of para-hydroxylation sites is 1. The number of hydrogen-bond acceptors (Lipinski definition) is 3. The van der Waals surface area contributed by atoms with Crippen molar-refractivity contribution in [2.75, 3.05) is 5.73 Å². The summed E-state index contributed by atoms with van der Waals surface area (Å²) in [5, 5.41) is 5.47. The average molecular weight is 677 g/mol. The second-order valence-electron chi connectivity index (χ2n) is 9.74. The molecule has 0 aliphatic rings. The highest BCUT2D eigenvalue weighted by Gasteiger charge is 2.06. The Bertz CT molecular complexity index is 2040. The van der Waals surface area contributed by atoms with Crippen LogP contribution in [-0.4, -0.2) is 0 Å². The van der Waals surface area contributed by atoms with Gasteiger partial charge in [-0.1, -0.05) is 140 Å². The number of halogens is 1. The maximum absolute atomic E-state index is 5.36. The van der Waals surface area contributed by atoms with E-state index in [0.29, 0.717) is 0 Å². The van der Waals surface area contributed by atoms with Crippen molar-refractivity contribution in [1.29, 1.82) is 0 Å². The van der Waals surface area contributed by atoms with Gasteiger partial charge in [0.05, 0.1) is 0 Å². The first-order valence-electron chi connectivity index (χ1n) is 14.5. The van der Waals surface area contributed by atoms with Crippen LogP contribution in [0.2, 0.25) is 0 Å². The zero-order valence-corrected chi connectivity index (χ0v) is 27.6. The molecule has 0 unspecified atom stereocenters. The molecule has 0 atom stereocenters. The number of hydrogen-bond donors (Lipinski definition) is 1. The topological polar surface area (TPSA) is 26.0 Å². The highest BCUT2D eigenvalue weighted by atomic mass is 79.9. The van der Waals surface area contributed by atoms with Crippen LogP contribution < -0.4 is 5.73 Å². The minimum Gasteiger partial charge on any atom is -0.399 e. The highest BCUT2D eigenvalue weighted by molar-refractivity contribution is 9.10. The molecule has 0 saturated carbocycles. The summed E-state index contributed by atoms with van der Waals surface area (Å²) in [5.74, 6) is 0. The first-order valence-corrected chi connectivity index (χ1v) is 16.9. The molecule has 0 fully saturated rings. The van der Waals surface area contributed by atoms with Crippen LogP contribution in [0.5, 0.6) is 0 Å². The molecule has 0 bridgehead atoms. The summed E-state index contributed by atoms with van der Waals surface area (Å²) in [7, 11) is 0. The van der Waals surface area contributed by atoms with Gasteiger partial charge in [0.1, 0.15) is 0 Å². The molecule has 1 nitrogen and oxygen atoms in total. The molecule has 0 spiro atoms. The molecule has 4 heteroatoms. The van der Waals surface area contributed by atoms with Crippen molar-refractivity contribution in [2.24, 2.45) is 0 Å². The average Bonchev–Trinajstić information content (AvgIpc) is 3.61. The molecule has 8 rings (SSSR count). The Hall–Kier alpha value is -3.96. The van der Waals surface area contributed by atoms with Crippen molar-refractivity contribution in [1.82, 2.24) is 0 Å². The van der Waals surface area contributed by atoms with Gasteiger partial charge in [-0.25, -0.2) is 0 Å². The largest absolute Gasteiger partial charge is 0.399 e. The predicted octanol–water partition coefficient (Wildman–Crippen LogP) is 13.4. The third kappa shape index (κ3) is 8.15. The van der Waals surface area contributed by atoms with Gasteiger partial charge in [0.15, 0.2) is 0 Å². The molecule has 0 radical (unpaired) electrons. The molecule has 0 aliphatic heterocycles. The molecule has 0 amide bonds. The third-order valence-electron chi connectivity index (χ3n) is 6.83. The first-order chi connectivity index (χ1) is 21.1. The van der Waals surface area contributed by atoms with E-state index >= 15 is 0 Å². The van der Waals surface area contributed by atoms with E-state index in [1.54, 1.807) is 0 Å². The zero-order chi connectivity index (χ0) is 30.0. The normalized spacial score (nSPS) is 10.2. The predicted molar refractivity (Wildman–Crippen MR) is 205 cm³/mol. The highest BCUT2D eigenvalue weighted by Crippen LogP contribution is 2.35. The van der Waals surface area contributed by atoms with Crippen molar-refractivity contribution >= 4 is 84.6 Å². The van der Waals surface area contributed by atoms with Gasteiger partial charge in [0.2, 0.25) is 0 Å². The summed E-state index contributed by atoms with van der Waals surface area (Å²) < 4.78 is 6.62. The minimum absolute atomic E-state index is 0. The number of fused-ring (bicyclic) bond motifs is 6. The van der Waals surface area contributed by atoms with Gasteiger partial charge < -0.3 is 5.73 Å². The van der Waals surface area contributed by atoms with Crippen LogP contribution in [0.4, 0.5) is 5.69 Å². The fraction of sp³-hybridized carbons (Fsp3) is 0.100. The standard InChI is InChI=1S/C19H14S.C12H7BrS.C6H7N.C2H6.CH4/c1-2-6-14(7-3-1)12-15-10-11-17-16-8-4-5-9-18(16)20-19(17)13-15;13-8-5-6-10-9-3-1-2-4-11(9)14-12(10)7-8;7-6-4-2-1-3-5-6;1-2;/h1-11,13H,12H2;1-7H;1-5H,7H2;1-2H3;1H4. The van der Waals surface area contributed by atoms with E-state index in [0.717, 1.165) is 16.6 Å². The molecular weight excluding hydrogens is 638 g/mol. The lowest BCUT2D eigenvalue weighted by atomic mass is 10.0. The second-order valence-corrected chi connectivity index (χ2v) is 12.8. The van der Waals surface area contributed by atoms with E-state index in [-0.39, 0.29) is 7.43 Å². The summed E-state index contributed by atoms with van der Waals surface area (Å²) in [6.07, 6.45) is 1.00. The minimum atomic E-state index is 0. The van der Waals surface area contributed by atoms with Crippen molar-refractivity contribution in [3.8, 4) is 0 Å². The number of thiophene rings is 2. The van der Waals surface area contributed by atoms with Crippen molar-refractivity contribution < 1.29 is 0 Å². The second kappa shape index (κ2) is 16.2. The summed E-state index contributed by atoms with van der Waals surface area (Å²) >= 11 is 7.23. The van der Waals surface area contributed by atoms with E-state index in [2.05, 4.69) is 131 Å². The maximum Gasteiger partial charge on any atom is 0.0366 e. The number of nitrogen functional groups attached to an aromatic ring is 1. The molecule has 44 heavy (non-hydrogen) atoms. The fourth-order valence-electron chi connectivity index (χ4n) is 4.86. The van der Waals surface area contributed by atoms with E-state index in [1.807, 2.05) is 66.9 Å². The maximum atomic E-state index is 5.36. The van der Waals surface area contributed by atoms with E-state index < -0.39 is 0 Å². The van der Waals surface area contributed by atoms with Crippen LogP contribution in [0, 0.1) is 0 Å². The quantitative estimate of drug-likeness (QED) is 0.181. The monoisotopic (exact) mass is 675 g/mol. The Morgan fingerprint density at radius 2 is 0.932 bits per heavy atom. The van der Waals surface area contributed by atoms with Gasteiger partial charge in [-0.15, -0.1) is 22.7 Å². The lowest BCUT2D eigenvalue weighted by Crippen LogP contribution is -1.86. The summed E-state index contributed by atoms with van der Waals surface area (Å²) in [6.45, 7) is 4.00. The number of anilines is 1. The van der Waals surface area contributed by atoms with Gasteiger partial charge in [-0.05, 0) is 60.0 Å². The van der Waals surface area contributed by atoms with E-state index in [9.17, 15) is 0 Å². The Kier molecular flexibility index (Phi) is 12.1. The molecule has 0 saturated heterocycles. The molecule has 6 aromatic carbocycles. The lowest BCUT2D eigenvalue weighted by molar-refractivity contribution is 1.20.